The lowest BCUT2D eigenvalue weighted by molar-refractivity contribution is -0.135. The molecule has 1 saturated heterocycles. The molecule has 1 aromatic carbocycles. The summed E-state index contributed by atoms with van der Waals surface area (Å²) in [6.07, 6.45) is 1.86. The van der Waals surface area contributed by atoms with E-state index < -0.39 is 11.6 Å². The van der Waals surface area contributed by atoms with Crippen molar-refractivity contribution in [2.75, 3.05) is 6.54 Å². The van der Waals surface area contributed by atoms with Crippen LogP contribution < -0.4 is 10.6 Å². The lowest BCUT2D eigenvalue weighted by Gasteiger charge is -2.22. The smallest absolute Gasteiger partial charge is 0.325 e. The minimum Gasteiger partial charge on any atom is -0.343 e. The van der Waals surface area contributed by atoms with Gasteiger partial charge in [0.2, 0.25) is 5.91 Å². The fourth-order valence-electron chi connectivity index (χ4n) is 3.57. The van der Waals surface area contributed by atoms with Crippen molar-refractivity contribution in [3.8, 4) is 0 Å². The van der Waals surface area contributed by atoms with Gasteiger partial charge < -0.3 is 10.6 Å². The maximum atomic E-state index is 12.7. The van der Waals surface area contributed by atoms with Gasteiger partial charge in [-0.05, 0) is 42.7 Å². The van der Waals surface area contributed by atoms with Crippen molar-refractivity contribution in [2.45, 2.75) is 31.3 Å². The number of amides is 4. The molecule has 1 aliphatic carbocycles. The minimum absolute atomic E-state index is 0.171. The second kappa shape index (κ2) is 6.81. The summed E-state index contributed by atoms with van der Waals surface area (Å²) >= 11 is 1.55. The molecule has 0 spiro atoms. The number of carbonyl (C=O) groups is 3. The number of carbonyl (C=O) groups excluding carboxylic acids is 3. The van der Waals surface area contributed by atoms with Gasteiger partial charge >= 0.3 is 6.03 Å². The molecule has 2 heterocycles. The second-order valence-corrected chi connectivity index (χ2v) is 8.20. The van der Waals surface area contributed by atoms with Gasteiger partial charge in [-0.25, -0.2) is 4.79 Å². The lowest BCUT2D eigenvalue weighted by Crippen LogP contribution is -2.47. The minimum atomic E-state index is -0.871. The monoisotopic (exact) mass is 383 g/mol. The van der Waals surface area contributed by atoms with E-state index in [1.165, 1.54) is 0 Å². The number of thiophene rings is 1. The number of benzene rings is 1. The van der Waals surface area contributed by atoms with Gasteiger partial charge in [0.25, 0.3) is 5.91 Å². The molecule has 1 aliphatic heterocycles. The molecule has 7 heteroatoms. The Labute approximate surface area is 161 Å². The zero-order valence-corrected chi connectivity index (χ0v) is 15.8. The van der Waals surface area contributed by atoms with E-state index in [2.05, 4.69) is 10.6 Å². The van der Waals surface area contributed by atoms with Gasteiger partial charge in [-0.3, -0.25) is 14.5 Å². The normalized spacial score (nSPS) is 23.2. The van der Waals surface area contributed by atoms with Crippen molar-refractivity contribution in [1.29, 1.82) is 0 Å². The molecule has 0 bridgehead atoms. The molecule has 140 valence electrons. The number of imide groups is 1. The summed E-state index contributed by atoms with van der Waals surface area (Å²) in [4.78, 5) is 39.7. The number of urea groups is 1. The Kier molecular flexibility index (Phi) is 4.47. The van der Waals surface area contributed by atoms with E-state index in [9.17, 15) is 14.4 Å². The van der Waals surface area contributed by atoms with E-state index in [4.69, 9.17) is 0 Å². The molecule has 2 N–H and O–H groups in total. The molecular formula is C20H21N3O3S. The van der Waals surface area contributed by atoms with Crippen LogP contribution in [0.25, 0.3) is 0 Å². The van der Waals surface area contributed by atoms with Crippen LogP contribution in [0.2, 0.25) is 0 Å². The molecule has 0 radical (unpaired) electrons. The zero-order chi connectivity index (χ0) is 19.0. The predicted molar refractivity (Wildman–Crippen MR) is 102 cm³/mol. The van der Waals surface area contributed by atoms with Crippen LogP contribution in [0.5, 0.6) is 0 Å². The van der Waals surface area contributed by atoms with Crippen LogP contribution in [-0.4, -0.2) is 34.8 Å². The summed E-state index contributed by atoms with van der Waals surface area (Å²) < 4.78 is 0. The number of hydrogen-bond donors (Lipinski definition) is 2. The maximum absolute atomic E-state index is 12.7. The van der Waals surface area contributed by atoms with E-state index in [0.717, 1.165) is 28.2 Å². The van der Waals surface area contributed by atoms with Gasteiger partial charge in [-0.15, -0.1) is 11.3 Å². The number of rotatable bonds is 6. The second-order valence-electron chi connectivity index (χ2n) is 7.22. The molecule has 6 nitrogen and oxygen atoms in total. The highest BCUT2D eigenvalue weighted by Crippen LogP contribution is 2.42. The highest BCUT2D eigenvalue weighted by Gasteiger charge is 2.56. The fourth-order valence-corrected chi connectivity index (χ4v) is 4.37. The number of hydrogen-bond acceptors (Lipinski definition) is 4. The van der Waals surface area contributed by atoms with E-state index in [-0.39, 0.29) is 30.3 Å². The fraction of sp³-hybridized carbons (Fsp3) is 0.350. The van der Waals surface area contributed by atoms with Crippen molar-refractivity contribution in [3.05, 3.63) is 58.3 Å². The van der Waals surface area contributed by atoms with Crippen molar-refractivity contribution in [2.24, 2.45) is 5.92 Å². The topological polar surface area (TPSA) is 78.5 Å². The molecular weight excluding hydrogens is 362 g/mol. The molecule has 27 heavy (non-hydrogen) atoms. The van der Waals surface area contributed by atoms with Gasteiger partial charge in [0.1, 0.15) is 12.1 Å². The Hall–Kier alpha value is -2.67. The average Bonchev–Trinajstić information content (AvgIpc) is 3.35. The van der Waals surface area contributed by atoms with Gasteiger partial charge in [0.05, 0.1) is 6.04 Å². The van der Waals surface area contributed by atoms with Crippen LogP contribution in [0.3, 0.4) is 0 Å². The van der Waals surface area contributed by atoms with E-state index in [1.54, 1.807) is 18.3 Å². The summed E-state index contributed by atoms with van der Waals surface area (Å²) in [6, 6.07) is 12.7. The third kappa shape index (κ3) is 3.35. The Balaban J connectivity index is 1.49. The van der Waals surface area contributed by atoms with E-state index in [0.29, 0.717) is 0 Å². The maximum Gasteiger partial charge on any atom is 0.325 e. The molecule has 2 fully saturated rings. The first-order valence-electron chi connectivity index (χ1n) is 9.01. The van der Waals surface area contributed by atoms with Crippen LogP contribution in [-0.2, 0) is 9.59 Å². The van der Waals surface area contributed by atoms with Gasteiger partial charge in [-0.2, -0.15) is 0 Å². The Morgan fingerprint density at radius 1 is 1.26 bits per heavy atom. The van der Waals surface area contributed by atoms with Gasteiger partial charge in [-0.1, -0.05) is 36.4 Å². The largest absolute Gasteiger partial charge is 0.343 e. The first-order valence-corrected chi connectivity index (χ1v) is 9.89. The summed E-state index contributed by atoms with van der Waals surface area (Å²) in [6.45, 7) is 1.48. The molecule has 2 aliphatic rings. The quantitative estimate of drug-likeness (QED) is 0.753. The summed E-state index contributed by atoms with van der Waals surface area (Å²) in [5.74, 6) is -0.497. The third-order valence-electron chi connectivity index (χ3n) is 5.26. The zero-order valence-electron chi connectivity index (χ0n) is 15.0. The molecule has 2 unspecified atom stereocenters. The van der Waals surface area contributed by atoms with Crippen LogP contribution in [0.15, 0.2) is 47.8 Å². The average molecular weight is 383 g/mol. The van der Waals surface area contributed by atoms with Crippen molar-refractivity contribution >= 4 is 29.2 Å². The summed E-state index contributed by atoms with van der Waals surface area (Å²) in [5, 5.41) is 7.70. The summed E-state index contributed by atoms with van der Waals surface area (Å²) in [7, 11) is 0. The molecule has 4 amide bonds. The van der Waals surface area contributed by atoms with E-state index >= 15 is 0 Å². The Morgan fingerprint density at radius 2 is 2.00 bits per heavy atom. The van der Waals surface area contributed by atoms with Crippen LogP contribution >= 0.6 is 11.3 Å². The van der Waals surface area contributed by atoms with Crippen molar-refractivity contribution < 1.29 is 14.4 Å². The number of nitrogens with one attached hydrogen (secondary N) is 2. The molecule has 4 rings (SSSR count). The van der Waals surface area contributed by atoms with Crippen molar-refractivity contribution in [3.63, 3.8) is 0 Å². The third-order valence-corrected chi connectivity index (χ3v) is 6.20. The van der Waals surface area contributed by atoms with Crippen LogP contribution in [0.4, 0.5) is 4.79 Å². The van der Waals surface area contributed by atoms with Crippen LogP contribution in [0.1, 0.15) is 36.2 Å². The molecule has 1 aromatic heterocycles. The van der Waals surface area contributed by atoms with Crippen molar-refractivity contribution in [1.82, 2.24) is 15.5 Å². The molecule has 1 saturated carbocycles. The van der Waals surface area contributed by atoms with Crippen LogP contribution in [0, 0.1) is 5.92 Å². The Morgan fingerprint density at radius 3 is 2.63 bits per heavy atom. The van der Waals surface area contributed by atoms with Gasteiger partial charge in [0.15, 0.2) is 0 Å². The number of nitrogens with zero attached hydrogens (tertiary/aromatic N) is 1. The standard InChI is InChI=1S/C20H21N3O3S/c1-20(14-9-10-14)18(25)23(19(26)22-20)12-16(24)21-17(15-8-5-11-27-15)13-6-3-2-4-7-13/h2-8,11,14,17H,9-10,12H2,1H3,(H,21,24)(H,22,26). The Bertz CT molecular complexity index is 864. The SMILES string of the molecule is CC1(C2CC2)NC(=O)N(CC(=O)NC(c2ccccc2)c2cccs2)C1=O. The highest BCUT2D eigenvalue weighted by molar-refractivity contribution is 7.10. The molecule has 2 atom stereocenters. The van der Waals surface area contributed by atoms with E-state index in [1.807, 2.05) is 47.8 Å². The lowest BCUT2D eigenvalue weighted by atomic mass is 9.96. The first kappa shape index (κ1) is 17.7. The molecule has 2 aromatic rings. The first-order chi connectivity index (χ1) is 13.0. The highest BCUT2D eigenvalue weighted by atomic mass is 32.1. The van der Waals surface area contributed by atoms with Gasteiger partial charge in [0, 0.05) is 4.88 Å². The summed E-state index contributed by atoms with van der Waals surface area (Å²) in [5.41, 5.74) is 0.0811. The predicted octanol–water partition coefficient (Wildman–Crippen LogP) is 2.67.